The number of oxazole rings is 1. The molecule has 10 nitrogen and oxygen atoms in total. The van der Waals surface area contributed by atoms with Crippen LogP contribution in [0.5, 0.6) is 0 Å². The summed E-state index contributed by atoms with van der Waals surface area (Å²) < 4.78 is 67.9. The molecule has 2 aromatic heterocycles. The van der Waals surface area contributed by atoms with Gasteiger partial charge in [-0.15, -0.1) is 0 Å². The first kappa shape index (κ1) is 29.5. The third kappa shape index (κ3) is 5.49. The first-order chi connectivity index (χ1) is 21.5. The third-order valence-electron chi connectivity index (χ3n) is 7.14. The van der Waals surface area contributed by atoms with Gasteiger partial charge in [-0.3, -0.25) is 9.52 Å². The number of carboxylic acids is 1. The second kappa shape index (κ2) is 11.2. The van der Waals surface area contributed by atoms with Gasteiger partial charge in [0.1, 0.15) is 22.7 Å². The number of benzene rings is 4. The predicted octanol–water partition coefficient (Wildman–Crippen LogP) is 6.67. The van der Waals surface area contributed by atoms with E-state index in [4.69, 9.17) is 8.83 Å². The molecule has 0 saturated heterocycles. The summed E-state index contributed by atoms with van der Waals surface area (Å²) >= 11 is 0. The number of nitrogens with one attached hydrogen (secondary N) is 2. The van der Waals surface area contributed by atoms with Gasteiger partial charge in [0, 0.05) is 35.2 Å². The highest BCUT2D eigenvalue weighted by molar-refractivity contribution is 7.92. The molecule has 4 aromatic carbocycles. The number of aromatic nitrogens is 1. The van der Waals surface area contributed by atoms with Crippen LogP contribution in [-0.4, -0.2) is 43.2 Å². The lowest BCUT2D eigenvalue weighted by atomic mass is 9.95. The fourth-order valence-corrected chi connectivity index (χ4v) is 5.58. The molecule has 0 aliphatic rings. The lowest BCUT2D eigenvalue weighted by molar-refractivity contribution is 0.0696. The normalized spacial score (nSPS) is 11.6. The zero-order chi connectivity index (χ0) is 32.0. The molecule has 45 heavy (non-hydrogen) atoms. The topological polar surface area (TPSA) is 152 Å². The van der Waals surface area contributed by atoms with Crippen LogP contribution in [0.15, 0.2) is 81.6 Å². The Morgan fingerprint density at radius 1 is 0.911 bits per heavy atom. The largest absolute Gasteiger partial charge is 0.478 e. The monoisotopic (exact) mass is 631 g/mol. The van der Waals surface area contributed by atoms with Gasteiger partial charge in [-0.05, 0) is 73.2 Å². The standard InChI is InChI=1S/C32H23F2N3O7S/c1-3-45(41,42)37-24-15-26-22(27(30(38)35-2)29(43-26)16-7-9-20(33)10-8-16)14-21(24)17-11-18(13-19(12-17)32(39)40)31-36-28-23(34)5-4-6-25(28)44-31/h4-15,37H,3H2,1-2H3,(H,35,38)(H,39,40). The van der Waals surface area contributed by atoms with Gasteiger partial charge in [0.15, 0.2) is 11.4 Å². The van der Waals surface area contributed by atoms with Gasteiger partial charge >= 0.3 is 5.97 Å². The Bertz CT molecular complexity index is 2260. The average molecular weight is 632 g/mol. The van der Waals surface area contributed by atoms with Gasteiger partial charge in [0.05, 0.1) is 22.6 Å². The van der Waals surface area contributed by atoms with Crippen LogP contribution in [-0.2, 0) is 10.0 Å². The Morgan fingerprint density at radius 3 is 2.31 bits per heavy atom. The second-order valence-corrected chi connectivity index (χ2v) is 12.0. The lowest BCUT2D eigenvalue weighted by Crippen LogP contribution is -2.18. The van der Waals surface area contributed by atoms with E-state index in [-0.39, 0.29) is 73.0 Å². The number of halogens is 2. The molecule has 0 bridgehead atoms. The molecule has 0 aliphatic carbocycles. The highest BCUT2D eigenvalue weighted by Gasteiger charge is 2.25. The summed E-state index contributed by atoms with van der Waals surface area (Å²) in [6.45, 7) is 1.44. The molecule has 0 spiro atoms. The number of aromatic carboxylic acids is 1. The molecule has 13 heteroatoms. The summed E-state index contributed by atoms with van der Waals surface area (Å²) in [4.78, 5) is 29.6. The van der Waals surface area contributed by atoms with E-state index in [9.17, 15) is 31.9 Å². The minimum atomic E-state index is -3.87. The van der Waals surface area contributed by atoms with E-state index in [1.54, 1.807) is 0 Å². The number of carboxylic acid groups (broad SMARTS) is 1. The fourth-order valence-electron chi connectivity index (χ4n) is 4.93. The third-order valence-corrected chi connectivity index (χ3v) is 8.43. The first-order valence-electron chi connectivity index (χ1n) is 13.5. The molecule has 0 radical (unpaired) electrons. The zero-order valence-electron chi connectivity index (χ0n) is 23.6. The minimum Gasteiger partial charge on any atom is -0.478 e. The van der Waals surface area contributed by atoms with Crippen LogP contribution in [0.2, 0.25) is 0 Å². The van der Waals surface area contributed by atoms with Crippen molar-refractivity contribution in [2.45, 2.75) is 6.92 Å². The van der Waals surface area contributed by atoms with E-state index in [2.05, 4.69) is 15.0 Å². The maximum absolute atomic E-state index is 14.4. The van der Waals surface area contributed by atoms with Crippen molar-refractivity contribution >= 4 is 49.7 Å². The minimum absolute atomic E-state index is 0.0318. The molecule has 0 fully saturated rings. The van der Waals surface area contributed by atoms with Gasteiger partial charge in [0.2, 0.25) is 15.9 Å². The Hall–Kier alpha value is -5.56. The maximum atomic E-state index is 14.4. The van der Waals surface area contributed by atoms with Crippen molar-refractivity contribution in [1.82, 2.24) is 10.3 Å². The van der Waals surface area contributed by atoms with Crippen molar-refractivity contribution in [2.75, 3.05) is 17.5 Å². The number of sulfonamides is 1. The lowest BCUT2D eigenvalue weighted by Gasteiger charge is -2.14. The van der Waals surface area contributed by atoms with Crippen LogP contribution in [0.4, 0.5) is 14.5 Å². The van der Waals surface area contributed by atoms with Crippen molar-refractivity contribution in [3.63, 3.8) is 0 Å². The number of carbonyl (C=O) groups excluding carboxylic acids is 1. The summed E-state index contributed by atoms with van der Waals surface area (Å²) in [5.41, 5.74) is 1.14. The van der Waals surface area contributed by atoms with Gasteiger partial charge < -0.3 is 19.3 Å². The molecule has 6 rings (SSSR count). The SMILES string of the molecule is CCS(=O)(=O)Nc1cc2oc(-c3ccc(F)cc3)c(C(=O)NC)c2cc1-c1cc(C(=O)O)cc(-c2nc3c(F)cccc3o2)c1. The zero-order valence-corrected chi connectivity index (χ0v) is 24.5. The van der Waals surface area contributed by atoms with E-state index in [1.165, 1.54) is 86.8 Å². The number of hydrogen-bond donors (Lipinski definition) is 3. The maximum Gasteiger partial charge on any atom is 0.335 e. The molecule has 0 atom stereocenters. The van der Waals surface area contributed by atoms with E-state index in [1.807, 2.05) is 0 Å². The first-order valence-corrected chi connectivity index (χ1v) is 15.2. The number of amides is 1. The van der Waals surface area contributed by atoms with E-state index < -0.39 is 33.5 Å². The molecule has 0 saturated carbocycles. The van der Waals surface area contributed by atoms with Crippen molar-refractivity contribution in [1.29, 1.82) is 0 Å². The number of anilines is 1. The van der Waals surface area contributed by atoms with Crippen LogP contribution < -0.4 is 10.0 Å². The number of carbonyl (C=O) groups is 2. The summed E-state index contributed by atoms with van der Waals surface area (Å²) in [6, 6.07) is 16.5. The average Bonchev–Trinajstić information content (AvgIpc) is 3.63. The molecule has 0 aliphatic heterocycles. The van der Waals surface area contributed by atoms with E-state index in [0.717, 1.165) is 0 Å². The van der Waals surface area contributed by atoms with Crippen LogP contribution in [0.1, 0.15) is 27.6 Å². The molecule has 6 aromatic rings. The summed E-state index contributed by atoms with van der Waals surface area (Å²) in [7, 11) is -2.44. The fraction of sp³-hybridized carbons (Fsp3) is 0.0938. The Labute approximate surface area is 254 Å². The highest BCUT2D eigenvalue weighted by atomic mass is 32.2. The van der Waals surface area contributed by atoms with Crippen LogP contribution in [0, 0.1) is 11.6 Å². The molecule has 0 unspecified atom stereocenters. The van der Waals surface area contributed by atoms with Gasteiger partial charge in [-0.1, -0.05) is 6.07 Å². The summed E-state index contributed by atoms with van der Waals surface area (Å²) in [5, 5.41) is 12.8. The van der Waals surface area contributed by atoms with Crippen molar-refractivity contribution in [2.24, 2.45) is 0 Å². The van der Waals surface area contributed by atoms with Crippen LogP contribution >= 0.6 is 0 Å². The number of furan rings is 1. The Kier molecular flexibility index (Phi) is 7.33. The van der Waals surface area contributed by atoms with Gasteiger partial charge in [0.25, 0.3) is 5.91 Å². The number of hydrogen-bond acceptors (Lipinski definition) is 7. The van der Waals surface area contributed by atoms with E-state index >= 15 is 0 Å². The molecular formula is C32H23F2N3O7S. The van der Waals surface area contributed by atoms with Crippen molar-refractivity contribution < 1.29 is 40.7 Å². The highest BCUT2D eigenvalue weighted by Crippen LogP contribution is 2.41. The Balaban J connectivity index is 1.64. The second-order valence-electron chi connectivity index (χ2n) is 10.0. The number of para-hydroxylation sites is 1. The molecule has 1 amide bonds. The Morgan fingerprint density at radius 2 is 1.64 bits per heavy atom. The molecule has 3 N–H and O–H groups in total. The van der Waals surface area contributed by atoms with Crippen LogP contribution in [0.3, 0.4) is 0 Å². The summed E-state index contributed by atoms with van der Waals surface area (Å²) in [6.07, 6.45) is 0. The van der Waals surface area contributed by atoms with E-state index in [0.29, 0.717) is 5.56 Å². The smallest absolute Gasteiger partial charge is 0.335 e. The number of rotatable bonds is 8. The van der Waals surface area contributed by atoms with Crippen molar-refractivity contribution in [3.05, 3.63) is 95.6 Å². The van der Waals surface area contributed by atoms with Crippen LogP contribution in [0.25, 0.3) is 56.0 Å². The van der Waals surface area contributed by atoms with Crippen molar-refractivity contribution in [3.8, 4) is 33.9 Å². The van der Waals surface area contributed by atoms with Gasteiger partial charge in [-0.25, -0.2) is 27.0 Å². The number of nitrogens with zero attached hydrogens (tertiary/aromatic N) is 1. The summed E-state index contributed by atoms with van der Waals surface area (Å²) in [5.74, 6) is -3.19. The van der Waals surface area contributed by atoms with Gasteiger partial charge in [-0.2, -0.15) is 0 Å². The molecule has 228 valence electrons. The predicted molar refractivity (Wildman–Crippen MR) is 163 cm³/mol. The number of fused-ring (bicyclic) bond motifs is 2. The molecular weight excluding hydrogens is 608 g/mol. The quantitative estimate of drug-likeness (QED) is 0.168. The molecule has 2 heterocycles.